The molecule has 0 aromatic heterocycles. The third kappa shape index (κ3) is 3.55. The van der Waals surface area contributed by atoms with E-state index >= 15 is 0 Å². The molecule has 1 saturated heterocycles. The van der Waals surface area contributed by atoms with Crippen LogP contribution in [0.3, 0.4) is 0 Å². The minimum Gasteiger partial charge on any atom is -0.204 e. The molecule has 3 heteroatoms. The fourth-order valence-corrected chi connectivity index (χ4v) is 7.41. The van der Waals surface area contributed by atoms with Crippen molar-refractivity contribution in [3.05, 3.63) is 59.7 Å². The van der Waals surface area contributed by atoms with E-state index in [1.807, 2.05) is 30.3 Å². The van der Waals surface area contributed by atoms with Gasteiger partial charge in [-0.25, -0.2) is 8.78 Å². The molecule has 0 N–H and O–H groups in total. The first-order chi connectivity index (χ1) is 11.2. The van der Waals surface area contributed by atoms with Gasteiger partial charge in [-0.3, -0.25) is 0 Å². The predicted octanol–water partition coefficient (Wildman–Crippen LogP) is 6.15. The standard InChI is InChI=1S/C20H24F2Si/c1-2-12-23-13-10-16(11-14-23)19-17(8-9-18(21)20(19)22)15-6-4-3-5-7-15/h3-9,16,23H,2,10-14H2,1H3. The second-order valence-corrected chi connectivity index (χ2v) is 10.2. The highest BCUT2D eigenvalue weighted by Crippen LogP contribution is 2.41. The van der Waals surface area contributed by atoms with E-state index in [4.69, 9.17) is 0 Å². The molecule has 0 saturated carbocycles. The minimum atomic E-state index is -0.715. The Labute approximate surface area is 139 Å². The highest BCUT2D eigenvalue weighted by Gasteiger charge is 2.28. The van der Waals surface area contributed by atoms with Crippen LogP contribution >= 0.6 is 0 Å². The van der Waals surface area contributed by atoms with Crippen LogP contribution in [0.25, 0.3) is 11.1 Å². The van der Waals surface area contributed by atoms with Gasteiger partial charge in [0.1, 0.15) is 0 Å². The molecule has 3 rings (SSSR count). The Morgan fingerprint density at radius 2 is 1.70 bits per heavy atom. The molecule has 0 spiro atoms. The quantitative estimate of drug-likeness (QED) is 0.590. The van der Waals surface area contributed by atoms with Crippen LogP contribution in [0.5, 0.6) is 0 Å². The summed E-state index contributed by atoms with van der Waals surface area (Å²) in [6, 6.07) is 16.7. The summed E-state index contributed by atoms with van der Waals surface area (Å²) in [6.45, 7) is 2.25. The zero-order valence-corrected chi connectivity index (χ0v) is 14.8. The van der Waals surface area contributed by atoms with E-state index < -0.39 is 20.4 Å². The fourth-order valence-electron chi connectivity index (χ4n) is 3.98. The van der Waals surface area contributed by atoms with Crippen molar-refractivity contribution in [1.29, 1.82) is 0 Å². The van der Waals surface area contributed by atoms with Crippen molar-refractivity contribution in [2.75, 3.05) is 0 Å². The van der Waals surface area contributed by atoms with E-state index in [1.54, 1.807) is 6.07 Å². The molecular formula is C20H24F2Si. The lowest BCUT2D eigenvalue weighted by atomic mass is 9.86. The molecule has 0 amide bonds. The first-order valence-electron chi connectivity index (χ1n) is 8.74. The summed E-state index contributed by atoms with van der Waals surface area (Å²) >= 11 is 0. The molecule has 23 heavy (non-hydrogen) atoms. The van der Waals surface area contributed by atoms with Crippen molar-refractivity contribution >= 4 is 8.80 Å². The molecule has 1 aliphatic rings. The molecule has 122 valence electrons. The molecule has 1 heterocycles. The number of hydrogen-bond donors (Lipinski definition) is 0. The van der Waals surface area contributed by atoms with Crippen LogP contribution in [0.1, 0.15) is 37.7 Å². The number of rotatable bonds is 4. The van der Waals surface area contributed by atoms with Crippen LogP contribution in [0.2, 0.25) is 18.1 Å². The Hall–Kier alpha value is -1.48. The number of benzene rings is 2. The van der Waals surface area contributed by atoms with Gasteiger partial charge in [-0.15, -0.1) is 0 Å². The largest absolute Gasteiger partial charge is 0.204 e. The molecular weight excluding hydrogens is 306 g/mol. The average Bonchev–Trinajstić information content (AvgIpc) is 2.59. The maximum Gasteiger partial charge on any atom is 0.162 e. The Morgan fingerprint density at radius 1 is 1.00 bits per heavy atom. The maximum atomic E-state index is 14.6. The summed E-state index contributed by atoms with van der Waals surface area (Å²) in [7, 11) is -0.622. The summed E-state index contributed by atoms with van der Waals surface area (Å²) < 4.78 is 28.5. The number of hydrogen-bond acceptors (Lipinski definition) is 0. The van der Waals surface area contributed by atoms with Crippen LogP contribution in [-0.2, 0) is 0 Å². The Morgan fingerprint density at radius 3 is 2.35 bits per heavy atom. The van der Waals surface area contributed by atoms with Crippen molar-refractivity contribution in [2.24, 2.45) is 0 Å². The van der Waals surface area contributed by atoms with Gasteiger partial charge in [0.05, 0.1) is 0 Å². The van der Waals surface area contributed by atoms with E-state index in [1.165, 1.54) is 30.6 Å². The van der Waals surface area contributed by atoms with Gasteiger partial charge in [-0.05, 0) is 36.0 Å². The molecule has 0 bridgehead atoms. The Balaban J connectivity index is 1.94. The van der Waals surface area contributed by atoms with E-state index in [0.29, 0.717) is 5.56 Å². The molecule has 1 aliphatic heterocycles. The molecule has 1 fully saturated rings. The van der Waals surface area contributed by atoms with Gasteiger partial charge in [0, 0.05) is 14.4 Å². The van der Waals surface area contributed by atoms with Gasteiger partial charge in [0.15, 0.2) is 11.6 Å². The summed E-state index contributed by atoms with van der Waals surface area (Å²) in [5, 5.41) is 0. The van der Waals surface area contributed by atoms with Crippen molar-refractivity contribution in [3.8, 4) is 11.1 Å². The van der Waals surface area contributed by atoms with Crippen LogP contribution in [0.4, 0.5) is 8.78 Å². The summed E-state index contributed by atoms with van der Waals surface area (Å²) in [5.74, 6) is -1.18. The lowest BCUT2D eigenvalue weighted by molar-refractivity contribution is 0.478. The number of halogens is 2. The summed E-state index contributed by atoms with van der Waals surface area (Å²) in [5.41, 5.74) is 2.46. The second kappa shape index (κ2) is 7.39. The van der Waals surface area contributed by atoms with Crippen molar-refractivity contribution in [3.63, 3.8) is 0 Å². The lowest BCUT2D eigenvalue weighted by Gasteiger charge is -2.29. The normalized spacial score (nSPS) is 21.3. The fraction of sp³-hybridized carbons (Fsp3) is 0.400. The van der Waals surface area contributed by atoms with Gasteiger partial charge in [-0.2, -0.15) is 0 Å². The third-order valence-electron chi connectivity index (χ3n) is 5.17. The van der Waals surface area contributed by atoms with Crippen molar-refractivity contribution < 1.29 is 8.78 Å². The monoisotopic (exact) mass is 330 g/mol. The van der Waals surface area contributed by atoms with Gasteiger partial charge in [-0.1, -0.05) is 67.9 Å². The van der Waals surface area contributed by atoms with Crippen LogP contribution in [0.15, 0.2) is 42.5 Å². The second-order valence-electron chi connectivity index (χ2n) is 6.69. The maximum absolute atomic E-state index is 14.6. The Kier molecular flexibility index (Phi) is 5.26. The predicted molar refractivity (Wildman–Crippen MR) is 95.6 cm³/mol. The molecule has 2 aromatic carbocycles. The SMILES string of the molecule is CCC[SiH]1CCC(c2c(-c3ccccc3)ccc(F)c2F)CC1. The average molecular weight is 330 g/mol. The van der Waals surface area contributed by atoms with Gasteiger partial charge in [0.2, 0.25) is 0 Å². The molecule has 0 atom stereocenters. The van der Waals surface area contributed by atoms with Crippen LogP contribution in [0, 0.1) is 11.6 Å². The highest BCUT2D eigenvalue weighted by molar-refractivity contribution is 6.59. The van der Waals surface area contributed by atoms with Crippen molar-refractivity contribution in [2.45, 2.75) is 50.2 Å². The van der Waals surface area contributed by atoms with Crippen LogP contribution < -0.4 is 0 Å². The van der Waals surface area contributed by atoms with Crippen molar-refractivity contribution in [1.82, 2.24) is 0 Å². The molecule has 2 aromatic rings. The van der Waals surface area contributed by atoms with E-state index in [2.05, 4.69) is 6.92 Å². The summed E-state index contributed by atoms with van der Waals surface area (Å²) in [6.07, 6.45) is 3.32. The van der Waals surface area contributed by atoms with E-state index in [9.17, 15) is 8.78 Å². The van der Waals surface area contributed by atoms with E-state index in [-0.39, 0.29) is 5.92 Å². The molecule has 0 aliphatic carbocycles. The lowest BCUT2D eigenvalue weighted by Crippen LogP contribution is -2.21. The minimum absolute atomic E-state index is 0.168. The van der Waals surface area contributed by atoms with Gasteiger partial charge in [0.25, 0.3) is 0 Å². The third-order valence-corrected chi connectivity index (χ3v) is 8.86. The highest BCUT2D eigenvalue weighted by atomic mass is 28.3. The smallest absolute Gasteiger partial charge is 0.162 e. The Bertz CT molecular complexity index is 646. The van der Waals surface area contributed by atoms with Gasteiger partial charge >= 0.3 is 0 Å². The zero-order chi connectivity index (χ0) is 16.2. The molecule has 0 nitrogen and oxygen atoms in total. The molecule has 0 radical (unpaired) electrons. The molecule has 0 unspecified atom stereocenters. The van der Waals surface area contributed by atoms with E-state index in [0.717, 1.165) is 24.0 Å². The first kappa shape index (κ1) is 16.4. The van der Waals surface area contributed by atoms with Crippen LogP contribution in [-0.4, -0.2) is 8.80 Å². The van der Waals surface area contributed by atoms with Gasteiger partial charge < -0.3 is 0 Å². The topological polar surface area (TPSA) is 0 Å². The zero-order valence-electron chi connectivity index (χ0n) is 13.7. The summed E-state index contributed by atoms with van der Waals surface area (Å²) in [4.78, 5) is 0. The first-order valence-corrected chi connectivity index (χ1v) is 11.2.